The molecule has 14 heteroatoms. The van der Waals surface area contributed by atoms with E-state index in [2.05, 4.69) is 13.6 Å². The molecule has 0 aliphatic carbocycles. The summed E-state index contributed by atoms with van der Waals surface area (Å²) in [5, 5.41) is -0.300. The van der Waals surface area contributed by atoms with E-state index >= 15 is 0 Å². The van der Waals surface area contributed by atoms with Gasteiger partial charge < -0.3 is 9.44 Å². The average molecular weight is 471 g/mol. The van der Waals surface area contributed by atoms with Crippen molar-refractivity contribution in [3.8, 4) is 5.75 Å². The van der Waals surface area contributed by atoms with Crippen molar-refractivity contribution >= 4 is 22.2 Å². The van der Waals surface area contributed by atoms with Gasteiger partial charge in [0.1, 0.15) is 17.8 Å². The molecule has 168 valence electrons. The third kappa shape index (κ3) is 4.93. The van der Waals surface area contributed by atoms with Crippen molar-refractivity contribution < 1.29 is 53.6 Å². The van der Waals surface area contributed by atoms with Crippen LogP contribution in [0.4, 0.5) is 26.3 Å². The Kier molecular flexibility index (Phi) is 7.90. The molecule has 0 spiro atoms. The molecule has 1 rings (SSSR count). The van der Waals surface area contributed by atoms with E-state index in [0.29, 0.717) is 0 Å². The van der Waals surface area contributed by atoms with Crippen molar-refractivity contribution in [1.29, 1.82) is 0 Å². The fourth-order valence-corrected chi connectivity index (χ4v) is 3.55. The lowest BCUT2D eigenvalue weighted by Crippen LogP contribution is -2.57. The molecule has 0 N–H and O–H groups in total. The van der Waals surface area contributed by atoms with Crippen molar-refractivity contribution in [2.45, 2.75) is 56.0 Å². The molecule has 0 heterocycles. The van der Waals surface area contributed by atoms with E-state index in [1.54, 1.807) is 27.7 Å². The van der Waals surface area contributed by atoms with Crippen LogP contribution in [0.3, 0.4) is 0 Å². The molecule has 0 aliphatic rings. The molecule has 0 saturated carbocycles. The molecule has 1 aromatic carbocycles. The molecule has 1 aromatic rings. The van der Waals surface area contributed by atoms with Gasteiger partial charge in [0.05, 0.1) is 0 Å². The number of rotatable bonds is 10. The Balaban J connectivity index is 3.50. The van der Waals surface area contributed by atoms with Crippen molar-refractivity contribution in [3.63, 3.8) is 0 Å². The Labute approximate surface area is 167 Å². The van der Waals surface area contributed by atoms with Crippen LogP contribution in [0.1, 0.15) is 50.7 Å². The zero-order valence-corrected chi connectivity index (χ0v) is 17.1. The van der Waals surface area contributed by atoms with Crippen LogP contribution >= 0.6 is 12.0 Å². The molecule has 0 atom stereocenters. The zero-order valence-electron chi connectivity index (χ0n) is 15.4. The number of para-hydroxylation sites is 1. The predicted octanol–water partition coefficient (Wildman–Crippen LogP) is 4.33. The molecule has 0 aromatic heterocycles. The minimum atomic E-state index is -6.64. The highest BCUT2D eigenvalue weighted by Gasteiger charge is 2.79. The number of hydrogen-bond acceptors (Lipinski definition) is 7. The highest BCUT2D eigenvalue weighted by atomic mass is 32.2. The summed E-state index contributed by atoms with van der Waals surface area (Å²) in [6, 6.07) is 4.12. The van der Waals surface area contributed by atoms with Crippen LogP contribution in [-0.2, 0) is 19.5 Å². The van der Waals surface area contributed by atoms with Crippen LogP contribution in [-0.4, -0.2) is 24.8 Å². The second kappa shape index (κ2) is 8.88. The first-order valence-electron chi connectivity index (χ1n) is 7.88. The lowest BCUT2D eigenvalue weighted by atomic mass is 9.94. The summed E-state index contributed by atoms with van der Waals surface area (Å²) in [7, 11) is -6.64. The first-order chi connectivity index (χ1) is 13.0. The molecule has 29 heavy (non-hydrogen) atoms. The van der Waals surface area contributed by atoms with E-state index in [4.69, 9.17) is 0 Å². The van der Waals surface area contributed by atoms with Gasteiger partial charge in [-0.05, 0) is 23.0 Å². The van der Waals surface area contributed by atoms with E-state index in [1.165, 1.54) is 18.2 Å². The van der Waals surface area contributed by atoms with Gasteiger partial charge in [0, 0.05) is 0 Å². The molecule has 0 amide bonds. The standard InChI is InChI=1S/C15H18F6O6S2/c1-8(2)10-6-5-7-11(9(3)4)12(10)25-29(23,24)15(20,21)13(16,17)14(18,19)28-27-26-22/h5-9,22H,1-4H3/p-1. The molecule has 0 unspecified atom stereocenters. The number of benzene rings is 1. The molecule has 0 fully saturated rings. The third-order valence-electron chi connectivity index (χ3n) is 3.72. The van der Waals surface area contributed by atoms with Gasteiger partial charge in [-0.15, -0.1) is 0 Å². The second-order valence-corrected chi connectivity index (χ2v) is 8.84. The average Bonchev–Trinajstić information content (AvgIpc) is 2.58. The minimum Gasteiger partial charge on any atom is -0.691 e. The molecule has 0 radical (unpaired) electrons. The van der Waals surface area contributed by atoms with E-state index in [9.17, 15) is 40.0 Å². The summed E-state index contributed by atoms with van der Waals surface area (Å²) in [6.07, 6.45) is 0. The molecular formula is C15H17F6O6S2-. The van der Waals surface area contributed by atoms with Gasteiger partial charge in [-0.2, -0.15) is 39.1 Å². The van der Waals surface area contributed by atoms with E-state index in [1.807, 2.05) is 0 Å². The number of halogens is 6. The minimum absolute atomic E-state index is 0.0862. The SMILES string of the molecule is CC(C)c1cccc(C(C)C)c1OS(=O)(=O)C(F)(F)C(F)(F)C(F)(F)SOO[O-]. The lowest BCUT2D eigenvalue weighted by molar-refractivity contribution is -0.777. The summed E-state index contributed by atoms with van der Waals surface area (Å²) >= 11 is -1.77. The summed E-state index contributed by atoms with van der Waals surface area (Å²) in [6.45, 7) is 6.21. The predicted molar refractivity (Wildman–Crippen MR) is 88.8 cm³/mol. The molecule has 0 bridgehead atoms. The third-order valence-corrected chi connectivity index (χ3v) is 5.58. The normalized spacial score (nSPS) is 14.0. The van der Waals surface area contributed by atoms with Crippen LogP contribution in [0.5, 0.6) is 5.75 Å². The van der Waals surface area contributed by atoms with E-state index in [0.717, 1.165) is 0 Å². The van der Waals surface area contributed by atoms with Gasteiger partial charge in [-0.1, -0.05) is 45.9 Å². The topological polar surface area (TPSA) is 84.9 Å². The van der Waals surface area contributed by atoms with Gasteiger partial charge >= 0.3 is 26.5 Å². The van der Waals surface area contributed by atoms with Crippen molar-refractivity contribution in [1.82, 2.24) is 0 Å². The van der Waals surface area contributed by atoms with Crippen LogP contribution < -0.4 is 9.44 Å². The Hall–Kier alpha value is -1.22. The fraction of sp³-hybridized carbons (Fsp3) is 0.600. The maximum atomic E-state index is 14.1. The van der Waals surface area contributed by atoms with Gasteiger partial charge in [-0.25, -0.2) is 0 Å². The number of alkyl halides is 6. The largest absolute Gasteiger partial charge is 0.691 e. The smallest absolute Gasteiger partial charge is 0.450 e. The Morgan fingerprint density at radius 3 is 1.79 bits per heavy atom. The fourth-order valence-electron chi connectivity index (χ4n) is 2.18. The van der Waals surface area contributed by atoms with Gasteiger partial charge in [0.2, 0.25) is 0 Å². The summed E-state index contributed by atoms with van der Waals surface area (Å²) in [4.78, 5) is 0. The Morgan fingerprint density at radius 2 is 1.41 bits per heavy atom. The summed E-state index contributed by atoms with van der Waals surface area (Å²) < 4.78 is 114. The first kappa shape index (κ1) is 25.8. The summed E-state index contributed by atoms with van der Waals surface area (Å²) in [5.74, 6) is -8.14. The van der Waals surface area contributed by atoms with Gasteiger partial charge in [0.15, 0.2) is 0 Å². The van der Waals surface area contributed by atoms with E-state index in [-0.39, 0.29) is 11.1 Å². The molecule has 0 aliphatic heterocycles. The highest BCUT2D eigenvalue weighted by molar-refractivity contribution is 7.95. The van der Waals surface area contributed by atoms with Gasteiger partial charge in [-0.3, -0.25) is 5.04 Å². The van der Waals surface area contributed by atoms with Crippen molar-refractivity contribution in [2.75, 3.05) is 0 Å². The molecule has 0 saturated heterocycles. The Bertz CT molecular complexity index is 787. The maximum absolute atomic E-state index is 14.1. The van der Waals surface area contributed by atoms with Crippen LogP contribution in [0, 0.1) is 0 Å². The van der Waals surface area contributed by atoms with Crippen molar-refractivity contribution in [3.05, 3.63) is 29.3 Å². The van der Waals surface area contributed by atoms with E-state index < -0.39 is 56.2 Å². The van der Waals surface area contributed by atoms with Crippen LogP contribution in [0.15, 0.2) is 18.2 Å². The lowest BCUT2D eigenvalue weighted by Gasteiger charge is -2.31. The van der Waals surface area contributed by atoms with Crippen molar-refractivity contribution in [2.24, 2.45) is 0 Å². The van der Waals surface area contributed by atoms with Gasteiger partial charge in [0.25, 0.3) is 0 Å². The zero-order chi connectivity index (χ0) is 22.8. The van der Waals surface area contributed by atoms with Crippen LogP contribution in [0.2, 0.25) is 0 Å². The second-order valence-electron chi connectivity index (χ2n) is 6.44. The quantitative estimate of drug-likeness (QED) is 0.165. The molecule has 6 nitrogen and oxygen atoms in total. The monoisotopic (exact) mass is 471 g/mol. The maximum Gasteiger partial charge on any atom is 0.450 e. The van der Waals surface area contributed by atoms with Crippen LogP contribution in [0.25, 0.3) is 0 Å². The summed E-state index contributed by atoms with van der Waals surface area (Å²) in [5.41, 5.74) is 0.172. The Morgan fingerprint density at radius 1 is 0.966 bits per heavy atom. The molecular weight excluding hydrogens is 454 g/mol. The highest BCUT2D eigenvalue weighted by Crippen LogP contribution is 2.54. The first-order valence-corrected chi connectivity index (χ1v) is 10.0. The number of hydrogen-bond donors (Lipinski definition) is 0.